The van der Waals surface area contributed by atoms with E-state index in [2.05, 4.69) is 52.0 Å². The van der Waals surface area contributed by atoms with Crippen LogP contribution in [0.5, 0.6) is 0 Å². The van der Waals surface area contributed by atoms with E-state index in [9.17, 15) is 29.4 Å². The van der Waals surface area contributed by atoms with Crippen molar-refractivity contribution in [1.29, 1.82) is 0 Å². The Labute approximate surface area is 385 Å². The van der Waals surface area contributed by atoms with Crippen molar-refractivity contribution in [3.63, 3.8) is 0 Å². The first-order valence-corrected chi connectivity index (χ1v) is 26.1. The Bertz CT molecular complexity index is 1980. The van der Waals surface area contributed by atoms with Crippen LogP contribution in [0, 0.1) is 23.7 Å². The molecule has 2 aliphatic heterocycles. The van der Waals surface area contributed by atoms with Gasteiger partial charge in [-0.3, -0.25) is 9.59 Å². The molecule has 2 amide bonds. The maximum atomic E-state index is 13.9. The number of piperidine rings is 2. The predicted molar refractivity (Wildman–Crippen MR) is 258 cm³/mol. The van der Waals surface area contributed by atoms with Crippen LogP contribution in [-0.2, 0) is 9.59 Å². The summed E-state index contributed by atoms with van der Waals surface area (Å²) in [4.78, 5) is 61.3. The first-order valence-electron chi connectivity index (χ1n) is 24.5. The Morgan fingerprint density at radius 2 is 1.00 bits per heavy atom. The second kappa shape index (κ2) is 21.3. The van der Waals surface area contributed by atoms with Crippen molar-refractivity contribution in [2.45, 2.75) is 154 Å². The predicted octanol–water partition coefficient (Wildman–Crippen LogP) is 11.5. The lowest BCUT2D eigenvalue weighted by molar-refractivity contribution is -0.895. The monoisotopic (exact) mass is 904 g/mol. The van der Waals surface area contributed by atoms with Crippen molar-refractivity contribution >= 4 is 68.9 Å². The lowest BCUT2D eigenvalue weighted by Gasteiger charge is -2.42. The standard InChI is InChI=1S/C26H38N2O3S.C25H36N2O3S/c1-18-9-11-20(12-10-18)25(29)27(21-13-15-28(2,3)16-14-21)22-17-23(32-24(22)26(30)31)19-7-5-4-6-8-19;1-17-8-10-19(11-9-17)24(28)27(20-12-14-26(2)15-13-20)21-16-22(31-23(21)25(29)30)18-6-4-3-5-7-18/h7,17-18,20-21H,4-6,8-16H2,1-3H3;6,16-17,19-20H,3-5,7-15H2,1-2H3,(H,29,30)/p+1. The molecule has 4 fully saturated rings. The molecular weight excluding hydrogens is 829 g/mol. The highest BCUT2D eigenvalue weighted by Crippen LogP contribution is 2.43. The van der Waals surface area contributed by atoms with E-state index in [-0.39, 0.29) is 35.7 Å². The summed E-state index contributed by atoms with van der Waals surface area (Å²) in [6.45, 7) is 8.45. The molecule has 0 spiro atoms. The summed E-state index contributed by atoms with van der Waals surface area (Å²) in [7, 11) is 6.60. The summed E-state index contributed by atoms with van der Waals surface area (Å²) in [5.74, 6) is -0.0867. The molecule has 2 aromatic heterocycles. The van der Waals surface area contributed by atoms with E-state index in [0.29, 0.717) is 33.0 Å². The number of likely N-dealkylation sites (tertiary alicyclic amines) is 2. The van der Waals surface area contributed by atoms with Gasteiger partial charge in [-0.05, 0) is 171 Å². The molecule has 0 bridgehead atoms. The molecule has 8 rings (SSSR count). The van der Waals surface area contributed by atoms with Crippen LogP contribution < -0.4 is 9.80 Å². The van der Waals surface area contributed by atoms with Crippen LogP contribution in [0.4, 0.5) is 11.4 Å². The van der Waals surface area contributed by atoms with Crippen LogP contribution in [0.3, 0.4) is 0 Å². The molecule has 0 radical (unpaired) electrons. The summed E-state index contributed by atoms with van der Waals surface area (Å²) in [6, 6.07) is 4.23. The second-order valence-electron chi connectivity index (χ2n) is 20.7. The van der Waals surface area contributed by atoms with Gasteiger partial charge in [-0.2, -0.15) is 0 Å². The summed E-state index contributed by atoms with van der Waals surface area (Å²) >= 11 is 2.72. The van der Waals surface area contributed by atoms with E-state index < -0.39 is 11.9 Å². The molecule has 0 aromatic carbocycles. The third kappa shape index (κ3) is 11.7. The van der Waals surface area contributed by atoms with Crippen molar-refractivity contribution in [3.05, 3.63) is 43.8 Å². The van der Waals surface area contributed by atoms with Gasteiger partial charge in [-0.15, -0.1) is 22.7 Å². The smallest absolute Gasteiger partial charge is 0.348 e. The van der Waals surface area contributed by atoms with Gasteiger partial charge in [0.15, 0.2) is 0 Å². The fourth-order valence-corrected chi connectivity index (χ4v) is 13.1. The quantitative estimate of drug-likeness (QED) is 0.228. The van der Waals surface area contributed by atoms with E-state index >= 15 is 0 Å². The van der Waals surface area contributed by atoms with Gasteiger partial charge in [0.25, 0.3) is 0 Å². The molecule has 12 heteroatoms. The molecule has 63 heavy (non-hydrogen) atoms. The highest BCUT2D eigenvalue weighted by atomic mass is 32.1. The zero-order valence-corrected chi connectivity index (χ0v) is 40.5. The van der Waals surface area contributed by atoms with Gasteiger partial charge in [0, 0.05) is 46.5 Å². The topological polar surface area (TPSA) is 118 Å². The number of quaternary nitrogens is 1. The Morgan fingerprint density at radius 3 is 1.37 bits per heavy atom. The fraction of sp³-hybridized carbons (Fsp3) is 0.686. The summed E-state index contributed by atoms with van der Waals surface area (Å²) in [5.41, 5.74) is 3.82. The zero-order chi connectivity index (χ0) is 44.8. The molecule has 2 saturated carbocycles. The van der Waals surface area contributed by atoms with Crippen molar-refractivity contribution in [2.24, 2.45) is 23.7 Å². The van der Waals surface area contributed by atoms with Crippen LogP contribution in [0.25, 0.3) is 11.1 Å². The Morgan fingerprint density at radius 1 is 0.603 bits per heavy atom. The largest absolute Gasteiger partial charge is 0.477 e. The van der Waals surface area contributed by atoms with Gasteiger partial charge in [0.1, 0.15) is 9.75 Å². The van der Waals surface area contributed by atoms with Gasteiger partial charge in [-0.25, -0.2) is 9.59 Å². The van der Waals surface area contributed by atoms with Crippen molar-refractivity contribution in [1.82, 2.24) is 4.90 Å². The average Bonchev–Trinajstić information content (AvgIpc) is 3.93. The maximum absolute atomic E-state index is 13.9. The minimum absolute atomic E-state index is 0.0227. The Hall–Kier alpha value is -3.32. The average molecular weight is 904 g/mol. The molecule has 346 valence electrons. The minimum Gasteiger partial charge on any atom is -0.477 e. The number of carbonyl (C=O) groups is 4. The molecule has 4 aliphatic carbocycles. The molecule has 4 heterocycles. The number of nitrogens with zero attached hydrogens (tertiary/aromatic N) is 4. The minimum atomic E-state index is -0.911. The van der Waals surface area contributed by atoms with Crippen molar-refractivity contribution in [3.8, 4) is 0 Å². The summed E-state index contributed by atoms with van der Waals surface area (Å²) in [6.07, 6.45) is 25.1. The van der Waals surface area contributed by atoms with Gasteiger partial charge < -0.3 is 29.4 Å². The summed E-state index contributed by atoms with van der Waals surface area (Å²) < 4.78 is 0.965. The van der Waals surface area contributed by atoms with E-state index in [0.717, 1.165) is 156 Å². The lowest BCUT2D eigenvalue weighted by atomic mass is 9.82. The Balaban J connectivity index is 0.000000189. The Kier molecular flexibility index (Phi) is 16.1. The molecule has 10 nitrogen and oxygen atoms in total. The molecular formula is C51H75N4O6S2+. The zero-order valence-electron chi connectivity index (χ0n) is 38.9. The maximum Gasteiger partial charge on any atom is 0.348 e. The van der Waals surface area contributed by atoms with Crippen molar-refractivity contribution in [2.75, 3.05) is 57.1 Å². The molecule has 0 unspecified atom stereocenters. The highest BCUT2D eigenvalue weighted by Gasteiger charge is 2.40. The van der Waals surface area contributed by atoms with Crippen LogP contribution in [0.15, 0.2) is 24.3 Å². The van der Waals surface area contributed by atoms with E-state index in [1.54, 1.807) is 0 Å². The number of hydrogen-bond acceptors (Lipinski definition) is 7. The fourth-order valence-electron chi connectivity index (χ4n) is 11.0. The normalized spacial score (nSPS) is 26.1. The van der Waals surface area contributed by atoms with E-state index in [1.165, 1.54) is 46.7 Å². The molecule has 0 atom stereocenters. The SMILES string of the molecule is CC1CCC(C(=O)N(c2cc(C3=CCCCC3)sc2C(=O)O)C2CCN(C)CC2)CC1.CC1CCC(C(=O)N(c2cc(C3=CCCCC3)sc2C(=O)O)C2CC[N+](C)(C)CC2)CC1. The molecule has 6 aliphatic rings. The van der Waals surface area contributed by atoms with Gasteiger partial charge in [0.05, 0.1) is 38.6 Å². The van der Waals surface area contributed by atoms with Crippen molar-refractivity contribution < 1.29 is 33.9 Å². The van der Waals surface area contributed by atoms with E-state index in [1.807, 2.05) is 21.9 Å². The number of carbonyl (C=O) groups excluding carboxylic acids is 2. The van der Waals surface area contributed by atoms with Crippen LogP contribution >= 0.6 is 22.7 Å². The molecule has 2 N–H and O–H groups in total. The van der Waals surface area contributed by atoms with Crippen LogP contribution in [0.2, 0.25) is 0 Å². The first-order chi connectivity index (χ1) is 30.2. The number of anilines is 2. The first kappa shape index (κ1) is 47.6. The second-order valence-corrected chi connectivity index (χ2v) is 22.8. The number of hydrogen-bond donors (Lipinski definition) is 2. The number of carboxylic acids is 2. The van der Waals surface area contributed by atoms with Crippen LogP contribution in [0.1, 0.15) is 171 Å². The number of aromatic carboxylic acids is 2. The van der Waals surface area contributed by atoms with Gasteiger partial charge in [0.2, 0.25) is 11.8 Å². The molecule has 2 saturated heterocycles. The third-order valence-corrected chi connectivity index (χ3v) is 17.7. The highest BCUT2D eigenvalue weighted by molar-refractivity contribution is 7.16. The van der Waals surface area contributed by atoms with Crippen LogP contribution in [-0.4, -0.2) is 103 Å². The number of amides is 2. The summed E-state index contributed by atoms with van der Waals surface area (Å²) in [5, 5.41) is 20.1. The molecule has 2 aromatic rings. The number of thiophene rings is 2. The third-order valence-electron chi connectivity index (χ3n) is 15.3. The van der Waals surface area contributed by atoms with Gasteiger partial charge >= 0.3 is 11.9 Å². The number of carboxylic acid groups (broad SMARTS) is 2. The lowest BCUT2D eigenvalue weighted by Crippen LogP contribution is -2.54. The number of rotatable bonds is 10. The van der Waals surface area contributed by atoms with E-state index in [4.69, 9.17) is 0 Å². The van der Waals surface area contributed by atoms with Gasteiger partial charge in [-0.1, -0.05) is 26.0 Å². The number of allylic oxidation sites excluding steroid dienone is 4.